The third-order valence-corrected chi connectivity index (χ3v) is 3.66. The van der Waals surface area contributed by atoms with Crippen molar-refractivity contribution in [3.05, 3.63) is 33.4 Å². The van der Waals surface area contributed by atoms with Crippen molar-refractivity contribution >= 4 is 22.6 Å². The molecule has 18 heavy (non-hydrogen) atoms. The van der Waals surface area contributed by atoms with E-state index < -0.39 is 0 Å². The van der Waals surface area contributed by atoms with Gasteiger partial charge in [0.2, 0.25) is 0 Å². The van der Waals surface area contributed by atoms with E-state index in [4.69, 9.17) is 0 Å². The first-order valence-corrected chi connectivity index (χ1v) is 6.78. The van der Waals surface area contributed by atoms with Gasteiger partial charge in [-0.25, -0.2) is 4.39 Å². The van der Waals surface area contributed by atoms with Crippen molar-refractivity contribution in [2.24, 2.45) is 0 Å². The standard InChI is InChI=1S/C11H11FIN5/c12-7-1-4-10(9(13)5-7)18-11(15-16-17-18)6-14-8-2-3-8/h1,4-5,8,14H,2-3,6H2. The molecule has 1 aromatic heterocycles. The third kappa shape index (κ3) is 2.51. The number of benzene rings is 1. The van der Waals surface area contributed by atoms with Crippen molar-refractivity contribution in [2.75, 3.05) is 0 Å². The fourth-order valence-corrected chi connectivity index (χ4v) is 2.38. The highest BCUT2D eigenvalue weighted by Crippen LogP contribution is 2.20. The molecule has 1 N–H and O–H groups in total. The summed E-state index contributed by atoms with van der Waals surface area (Å²) in [5, 5.41) is 15.0. The van der Waals surface area contributed by atoms with E-state index >= 15 is 0 Å². The zero-order valence-electron chi connectivity index (χ0n) is 9.48. The minimum atomic E-state index is -0.256. The van der Waals surface area contributed by atoms with Gasteiger partial charge in [-0.2, -0.15) is 4.68 Å². The lowest BCUT2D eigenvalue weighted by molar-refractivity contribution is 0.621. The summed E-state index contributed by atoms with van der Waals surface area (Å²) >= 11 is 2.08. The average Bonchev–Trinajstić information content (AvgIpc) is 3.06. The van der Waals surface area contributed by atoms with E-state index in [0.717, 1.165) is 15.1 Å². The van der Waals surface area contributed by atoms with Gasteiger partial charge in [-0.3, -0.25) is 0 Å². The summed E-state index contributed by atoms with van der Waals surface area (Å²) in [6, 6.07) is 5.17. The van der Waals surface area contributed by atoms with Crippen LogP contribution in [0, 0.1) is 9.39 Å². The lowest BCUT2D eigenvalue weighted by Gasteiger charge is -2.07. The Bertz CT molecular complexity index is 566. The molecule has 1 aliphatic rings. The molecule has 0 aliphatic heterocycles. The van der Waals surface area contributed by atoms with Gasteiger partial charge in [-0.15, -0.1) is 5.10 Å². The molecule has 0 unspecified atom stereocenters. The second-order valence-electron chi connectivity index (χ2n) is 4.26. The van der Waals surface area contributed by atoms with E-state index in [1.54, 1.807) is 10.7 Å². The monoisotopic (exact) mass is 359 g/mol. The second kappa shape index (κ2) is 4.88. The Kier molecular flexibility index (Phi) is 3.25. The first kappa shape index (κ1) is 12.0. The summed E-state index contributed by atoms with van der Waals surface area (Å²) in [5.74, 6) is 0.486. The van der Waals surface area contributed by atoms with Gasteiger partial charge in [0.05, 0.1) is 12.2 Å². The van der Waals surface area contributed by atoms with Crippen LogP contribution in [0.3, 0.4) is 0 Å². The van der Waals surface area contributed by atoms with Crippen molar-refractivity contribution in [3.8, 4) is 5.69 Å². The Morgan fingerprint density at radius 1 is 1.44 bits per heavy atom. The number of hydrogen-bond acceptors (Lipinski definition) is 4. The normalized spacial score (nSPS) is 15.0. The van der Waals surface area contributed by atoms with Gasteiger partial charge in [0, 0.05) is 9.61 Å². The molecule has 0 saturated heterocycles. The van der Waals surface area contributed by atoms with Gasteiger partial charge in [-0.1, -0.05) is 0 Å². The summed E-state index contributed by atoms with van der Waals surface area (Å²) in [7, 11) is 0. The number of tetrazole rings is 1. The van der Waals surface area contributed by atoms with Crippen LogP contribution in [0.1, 0.15) is 18.7 Å². The molecule has 2 aromatic rings. The van der Waals surface area contributed by atoms with Crippen LogP contribution < -0.4 is 5.32 Å². The lowest BCUT2D eigenvalue weighted by Crippen LogP contribution is -2.19. The van der Waals surface area contributed by atoms with Crippen molar-refractivity contribution in [3.63, 3.8) is 0 Å². The number of nitrogens with zero attached hydrogens (tertiary/aromatic N) is 4. The number of rotatable bonds is 4. The van der Waals surface area contributed by atoms with Crippen LogP contribution in [-0.4, -0.2) is 26.2 Å². The number of nitrogens with one attached hydrogen (secondary N) is 1. The Balaban J connectivity index is 1.88. The van der Waals surface area contributed by atoms with E-state index in [9.17, 15) is 4.39 Å². The second-order valence-corrected chi connectivity index (χ2v) is 5.42. The van der Waals surface area contributed by atoms with Gasteiger partial charge < -0.3 is 5.32 Å². The highest BCUT2D eigenvalue weighted by molar-refractivity contribution is 14.1. The molecule has 7 heteroatoms. The van der Waals surface area contributed by atoms with Crippen molar-refractivity contribution < 1.29 is 4.39 Å². The molecular formula is C11H11FIN5. The molecule has 5 nitrogen and oxygen atoms in total. The molecule has 0 bridgehead atoms. The molecule has 0 spiro atoms. The van der Waals surface area contributed by atoms with Crippen LogP contribution in [0.2, 0.25) is 0 Å². The maximum Gasteiger partial charge on any atom is 0.170 e. The molecule has 0 atom stereocenters. The van der Waals surface area contributed by atoms with Crippen molar-refractivity contribution in [1.29, 1.82) is 0 Å². The van der Waals surface area contributed by atoms with Crippen LogP contribution in [-0.2, 0) is 6.54 Å². The summed E-state index contributed by atoms with van der Waals surface area (Å²) in [4.78, 5) is 0. The maximum atomic E-state index is 13.1. The fourth-order valence-electron chi connectivity index (χ4n) is 1.68. The zero-order valence-corrected chi connectivity index (χ0v) is 11.6. The molecule has 1 heterocycles. The molecule has 0 amide bonds. The van der Waals surface area contributed by atoms with Crippen molar-refractivity contribution in [2.45, 2.75) is 25.4 Å². The Hall–Kier alpha value is -1.09. The fraction of sp³-hybridized carbons (Fsp3) is 0.364. The highest BCUT2D eigenvalue weighted by atomic mass is 127. The van der Waals surface area contributed by atoms with Gasteiger partial charge in [0.15, 0.2) is 5.82 Å². The molecule has 0 radical (unpaired) electrons. The van der Waals surface area contributed by atoms with Gasteiger partial charge in [0.1, 0.15) is 5.82 Å². The topological polar surface area (TPSA) is 55.6 Å². The van der Waals surface area contributed by atoms with Crippen LogP contribution in [0.4, 0.5) is 4.39 Å². The zero-order chi connectivity index (χ0) is 12.5. The average molecular weight is 359 g/mol. The van der Waals surface area contributed by atoms with Gasteiger partial charge in [-0.05, 0) is 64.1 Å². The molecule has 94 valence electrons. The largest absolute Gasteiger partial charge is 0.307 e. The Labute approximate surface area is 117 Å². The summed E-state index contributed by atoms with van der Waals surface area (Å²) < 4.78 is 15.5. The predicted molar refractivity (Wildman–Crippen MR) is 71.7 cm³/mol. The first-order chi connectivity index (χ1) is 8.74. The first-order valence-electron chi connectivity index (χ1n) is 5.70. The van der Waals surface area contributed by atoms with E-state index in [2.05, 4.69) is 43.4 Å². The summed E-state index contributed by atoms with van der Waals surface area (Å²) in [6.07, 6.45) is 2.44. The number of aromatic nitrogens is 4. The smallest absolute Gasteiger partial charge is 0.170 e. The third-order valence-electron chi connectivity index (χ3n) is 2.80. The van der Waals surface area contributed by atoms with E-state index in [1.807, 2.05) is 0 Å². The van der Waals surface area contributed by atoms with Gasteiger partial charge in [0.25, 0.3) is 0 Å². The minimum absolute atomic E-state index is 0.256. The van der Waals surface area contributed by atoms with E-state index in [0.29, 0.717) is 12.6 Å². The quantitative estimate of drug-likeness (QED) is 0.844. The lowest BCUT2D eigenvalue weighted by atomic mass is 10.3. The predicted octanol–water partition coefficient (Wildman–Crippen LogP) is 1.66. The minimum Gasteiger partial charge on any atom is -0.307 e. The van der Waals surface area contributed by atoms with Crippen LogP contribution in [0.15, 0.2) is 18.2 Å². The Morgan fingerprint density at radius 3 is 3.00 bits per heavy atom. The SMILES string of the molecule is Fc1ccc(-n2nnnc2CNC2CC2)c(I)c1. The van der Waals surface area contributed by atoms with Crippen LogP contribution in [0.25, 0.3) is 5.69 Å². The van der Waals surface area contributed by atoms with E-state index in [1.165, 1.54) is 25.0 Å². The molecular weight excluding hydrogens is 348 g/mol. The number of hydrogen-bond donors (Lipinski definition) is 1. The summed E-state index contributed by atoms with van der Waals surface area (Å²) in [6.45, 7) is 0.630. The maximum absolute atomic E-state index is 13.1. The summed E-state index contributed by atoms with van der Waals surface area (Å²) in [5.41, 5.74) is 0.801. The highest BCUT2D eigenvalue weighted by Gasteiger charge is 2.21. The van der Waals surface area contributed by atoms with Crippen LogP contribution >= 0.6 is 22.6 Å². The van der Waals surface area contributed by atoms with Crippen LogP contribution in [0.5, 0.6) is 0 Å². The Morgan fingerprint density at radius 2 is 2.28 bits per heavy atom. The molecule has 1 aromatic carbocycles. The number of halogens is 2. The molecule has 1 aliphatic carbocycles. The van der Waals surface area contributed by atoms with E-state index in [-0.39, 0.29) is 5.82 Å². The molecule has 3 rings (SSSR count). The molecule has 1 fully saturated rings. The van der Waals surface area contributed by atoms with Gasteiger partial charge >= 0.3 is 0 Å². The van der Waals surface area contributed by atoms with Crippen molar-refractivity contribution in [1.82, 2.24) is 25.5 Å². The molecule has 1 saturated carbocycles.